The van der Waals surface area contributed by atoms with E-state index in [2.05, 4.69) is 33.0 Å². The van der Waals surface area contributed by atoms with Crippen LogP contribution in [0.1, 0.15) is 6.92 Å². The summed E-state index contributed by atoms with van der Waals surface area (Å²) in [6, 6.07) is 16.5. The minimum atomic E-state index is 0.690. The van der Waals surface area contributed by atoms with E-state index < -0.39 is 0 Å². The van der Waals surface area contributed by atoms with Crippen LogP contribution in [0.4, 0.5) is 11.6 Å². The second kappa shape index (κ2) is 6.43. The number of rotatable bonds is 4. The van der Waals surface area contributed by atoms with Gasteiger partial charge in [-0.15, -0.1) is 0 Å². The molecule has 24 heavy (non-hydrogen) atoms. The highest BCUT2D eigenvalue weighted by Gasteiger charge is 2.21. The van der Waals surface area contributed by atoms with Gasteiger partial charge in [0.2, 0.25) is 5.95 Å². The Morgan fingerprint density at radius 1 is 0.958 bits per heavy atom. The monoisotopic (exact) mass is 322 g/mol. The number of imidazole rings is 1. The fourth-order valence-electron chi connectivity index (χ4n) is 3.24. The van der Waals surface area contributed by atoms with Gasteiger partial charge in [-0.3, -0.25) is 0 Å². The molecule has 1 saturated heterocycles. The Labute approximate surface area is 141 Å². The normalized spacial score (nSPS) is 15.0. The number of para-hydroxylation sites is 4. The van der Waals surface area contributed by atoms with Gasteiger partial charge in [-0.05, 0) is 31.2 Å². The number of benzene rings is 2. The number of nitrogens with one attached hydrogen (secondary N) is 1. The summed E-state index contributed by atoms with van der Waals surface area (Å²) in [5.74, 6) is 1.94. The minimum Gasteiger partial charge on any atom is -0.492 e. The summed E-state index contributed by atoms with van der Waals surface area (Å²) in [5, 5.41) is 0. The van der Waals surface area contributed by atoms with Crippen molar-refractivity contribution in [2.75, 3.05) is 42.6 Å². The van der Waals surface area contributed by atoms with Crippen LogP contribution in [0.3, 0.4) is 0 Å². The first kappa shape index (κ1) is 14.9. The molecule has 1 fully saturated rings. The van der Waals surface area contributed by atoms with Crippen LogP contribution in [0.2, 0.25) is 0 Å². The molecule has 0 saturated carbocycles. The molecule has 1 aliphatic rings. The number of aromatic nitrogens is 2. The van der Waals surface area contributed by atoms with Crippen molar-refractivity contribution in [1.82, 2.24) is 9.97 Å². The fourth-order valence-corrected chi connectivity index (χ4v) is 3.24. The van der Waals surface area contributed by atoms with Gasteiger partial charge in [-0.2, -0.15) is 0 Å². The lowest BCUT2D eigenvalue weighted by molar-refractivity contribution is 0.340. The van der Waals surface area contributed by atoms with E-state index in [0.717, 1.165) is 48.9 Å². The molecule has 2 aromatic carbocycles. The molecule has 5 nitrogen and oxygen atoms in total. The van der Waals surface area contributed by atoms with E-state index in [0.29, 0.717) is 6.61 Å². The van der Waals surface area contributed by atoms with Crippen molar-refractivity contribution in [3.8, 4) is 5.75 Å². The number of anilines is 2. The minimum absolute atomic E-state index is 0.690. The summed E-state index contributed by atoms with van der Waals surface area (Å²) in [5.41, 5.74) is 3.30. The van der Waals surface area contributed by atoms with E-state index in [1.807, 2.05) is 37.3 Å². The van der Waals surface area contributed by atoms with Gasteiger partial charge in [-0.1, -0.05) is 24.3 Å². The van der Waals surface area contributed by atoms with Crippen molar-refractivity contribution >= 4 is 22.7 Å². The van der Waals surface area contributed by atoms with Crippen molar-refractivity contribution in [3.05, 3.63) is 48.5 Å². The molecule has 0 atom stereocenters. The highest BCUT2D eigenvalue weighted by atomic mass is 16.5. The van der Waals surface area contributed by atoms with Gasteiger partial charge in [-0.25, -0.2) is 4.98 Å². The lowest BCUT2D eigenvalue weighted by atomic mass is 10.2. The molecule has 0 radical (unpaired) electrons. The highest BCUT2D eigenvalue weighted by molar-refractivity contribution is 5.77. The van der Waals surface area contributed by atoms with Crippen LogP contribution in [0, 0.1) is 0 Å². The summed E-state index contributed by atoms with van der Waals surface area (Å²) < 4.78 is 5.77. The topological polar surface area (TPSA) is 44.4 Å². The van der Waals surface area contributed by atoms with E-state index in [1.54, 1.807) is 0 Å². The molecule has 1 aliphatic heterocycles. The maximum absolute atomic E-state index is 5.77. The van der Waals surface area contributed by atoms with Crippen LogP contribution in [0.5, 0.6) is 5.75 Å². The van der Waals surface area contributed by atoms with E-state index in [-0.39, 0.29) is 0 Å². The Morgan fingerprint density at radius 2 is 1.67 bits per heavy atom. The lowest BCUT2D eigenvalue weighted by Crippen LogP contribution is -2.47. The van der Waals surface area contributed by atoms with Gasteiger partial charge >= 0.3 is 0 Å². The van der Waals surface area contributed by atoms with Crippen LogP contribution >= 0.6 is 0 Å². The van der Waals surface area contributed by atoms with Crippen molar-refractivity contribution in [1.29, 1.82) is 0 Å². The lowest BCUT2D eigenvalue weighted by Gasteiger charge is -2.36. The fraction of sp³-hybridized carbons (Fsp3) is 0.316. The van der Waals surface area contributed by atoms with Gasteiger partial charge < -0.3 is 19.5 Å². The molecule has 3 aromatic rings. The van der Waals surface area contributed by atoms with E-state index in [4.69, 9.17) is 9.72 Å². The molecule has 0 amide bonds. The summed E-state index contributed by atoms with van der Waals surface area (Å²) >= 11 is 0. The third-order valence-corrected chi connectivity index (χ3v) is 4.46. The van der Waals surface area contributed by atoms with Gasteiger partial charge in [0.25, 0.3) is 0 Å². The summed E-state index contributed by atoms with van der Waals surface area (Å²) in [7, 11) is 0. The predicted molar refractivity (Wildman–Crippen MR) is 98.1 cm³/mol. The molecule has 1 N–H and O–H groups in total. The number of H-pyrrole nitrogens is 1. The van der Waals surface area contributed by atoms with Gasteiger partial charge in [0.1, 0.15) is 5.75 Å². The van der Waals surface area contributed by atoms with E-state index in [1.165, 1.54) is 5.69 Å². The maximum atomic E-state index is 5.77. The SMILES string of the molecule is CCOc1ccccc1N1CCN(c2nc3ccccc3[nH]2)CC1. The number of ether oxygens (including phenoxy) is 1. The molecule has 0 aliphatic carbocycles. The molecule has 4 rings (SSSR count). The van der Waals surface area contributed by atoms with Gasteiger partial charge in [0.15, 0.2) is 0 Å². The Kier molecular flexibility index (Phi) is 3.99. The molecule has 124 valence electrons. The molecule has 0 bridgehead atoms. The summed E-state index contributed by atoms with van der Waals surface area (Å²) in [4.78, 5) is 12.8. The zero-order chi connectivity index (χ0) is 16.4. The number of aromatic amines is 1. The average Bonchev–Trinajstić information content (AvgIpc) is 3.07. The summed E-state index contributed by atoms with van der Waals surface area (Å²) in [6.07, 6.45) is 0. The summed E-state index contributed by atoms with van der Waals surface area (Å²) in [6.45, 7) is 6.52. The zero-order valence-corrected chi connectivity index (χ0v) is 13.9. The third-order valence-electron chi connectivity index (χ3n) is 4.46. The molecule has 0 unspecified atom stereocenters. The third kappa shape index (κ3) is 2.77. The Morgan fingerprint density at radius 3 is 2.46 bits per heavy atom. The quantitative estimate of drug-likeness (QED) is 0.800. The second-order valence-corrected chi connectivity index (χ2v) is 5.95. The van der Waals surface area contributed by atoms with Crippen LogP contribution in [0.15, 0.2) is 48.5 Å². The largest absolute Gasteiger partial charge is 0.492 e. The Bertz CT molecular complexity index is 788. The van der Waals surface area contributed by atoms with Crippen LogP contribution in [0.25, 0.3) is 11.0 Å². The number of piperazine rings is 1. The van der Waals surface area contributed by atoms with Crippen molar-refractivity contribution in [2.45, 2.75) is 6.92 Å². The number of hydrogen-bond donors (Lipinski definition) is 1. The van der Waals surface area contributed by atoms with Crippen LogP contribution < -0.4 is 14.5 Å². The van der Waals surface area contributed by atoms with Crippen molar-refractivity contribution in [2.24, 2.45) is 0 Å². The zero-order valence-electron chi connectivity index (χ0n) is 13.9. The molecular weight excluding hydrogens is 300 g/mol. The Hall–Kier alpha value is -2.69. The van der Waals surface area contributed by atoms with E-state index in [9.17, 15) is 0 Å². The number of fused-ring (bicyclic) bond motifs is 1. The highest BCUT2D eigenvalue weighted by Crippen LogP contribution is 2.29. The van der Waals surface area contributed by atoms with Crippen molar-refractivity contribution in [3.63, 3.8) is 0 Å². The maximum Gasteiger partial charge on any atom is 0.203 e. The van der Waals surface area contributed by atoms with Gasteiger partial charge in [0.05, 0.1) is 23.3 Å². The molecule has 5 heteroatoms. The average molecular weight is 322 g/mol. The number of nitrogens with zero attached hydrogens (tertiary/aromatic N) is 3. The molecular formula is C19H22N4O. The molecule has 2 heterocycles. The van der Waals surface area contributed by atoms with Crippen molar-refractivity contribution < 1.29 is 4.74 Å². The molecule has 1 aromatic heterocycles. The first-order valence-corrected chi connectivity index (χ1v) is 8.51. The molecule has 0 spiro atoms. The first-order valence-electron chi connectivity index (χ1n) is 8.51. The predicted octanol–water partition coefficient (Wildman–Crippen LogP) is 3.29. The van der Waals surface area contributed by atoms with Crippen LogP contribution in [-0.2, 0) is 0 Å². The smallest absolute Gasteiger partial charge is 0.203 e. The first-order chi connectivity index (χ1) is 11.8. The van der Waals surface area contributed by atoms with Crippen LogP contribution in [-0.4, -0.2) is 42.8 Å². The Balaban J connectivity index is 1.49. The second-order valence-electron chi connectivity index (χ2n) is 5.95. The number of hydrogen-bond acceptors (Lipinski definition) is 4. The standard InChI is InChI=1S/C19H22N4O/c1-2-24-18-10-6-5-9-17(18)22-11-13-23(14-12-22)19-20-15-7-3-4-8-16(15)21-19/h3-10H,2,11-14H2,1H3,(H,20,21). The van der Waals surface area contributed by atoms with Gasteiger partial charge in [0, 0.05) is 26.2 Å². The van der Waals surface area contributed by atoms with E-state index >= 15 is 0 Å².